The predicted octanol–water partition coefficient (Wildman–Crippen LogP) is 2.25. The molecule has 2 amide bonds. The van der Waals surface area contributed by atoms with E-state index in [1.165, 1.54) is 0 Å². The molecule has 8 heteroatoms. The van der Waals surface area contributed by atoms with Gasteiger partial charge < -0.3 is 14.4 Å². The Hall–Kier alpha value is -1.44. The zero-order valence-corrected chi connectivity index (χ0v) is 15.3. The van der Waals surface area contributed by atoms with E-state index in [-0.39, 0.29) is 18.0 Å². The molecule has 2 aliphatic heterocycles. The number of β-lactam (4-membered cyclic amide) rings is 1. The van der Waals surface area contributed by atoms with Gasteiger partial charge >= 0.3 is 12.1 Å². The Morgan fingerprint density at radius 3 is 2.71 bits per heavy atom. The van der Waals surface area contributed by atoms with Crippen molar-refractivity contribution in [3.63, 3.8) is 0 Å². The summed E-state index contributed by atoms with van der Waals surface area (Å²) in [4.78, 5) is 37.1. The summed E-state index contributed by atoms with van der Waals surface area (Å²) in [6.45, 7) is 6.06. The van der Waals surface area contributed by atoms with Crippen LogP contribution in [0.4, 0.5) is 4.79 Å². The van der Waals surface area contributed by atoms with Gasteiger partial charge in [0.2, 0.25) is 5.91 Å². The molecule has 0 bridgehead atoms. The van der Waals surface area contributed by atoms with Gasteiger partial charge in [-0.25, -0.2) is 9.59 Å². The Bertz CT molecular complexity index is 497. The van der Waals surface area contributed by atoms with Crippen molar-refractivity contribution in [1.29, 1.82) is 0 Å². The van der Waals surface area contributed by atoms with E-state index in [1.807, 2.05) is 13.8 Å². The fraction of sp³-hybridized carbons (Fsp3) is 0.812. The summed E-state index contributed by atoms with van der Waals surface area (Å²) >= 11 is 1.61. The van der Waals surface area contributed by atoms with Gasteiger partial charge in [-0.3, -0.25) is 10.1 Å². The van der Waals surface area contributed by atoms with Crippen molar-refractivity contribution in [3.8, 4) is 0 Å². The van der Waals surface area contributed by atoms with Crippen LogP contribution >= 0.6 is 11.8 Å². The van der Waals surface area contributed by atoms with E-state index in [2.05, 4.69) is 12.2 Å². The second kappa shape index (κ2) is 8.09. The molecular formula is C16H26N2O5S. The van der Waals surface area contributed by atoms with E-state index >= 15 is 0 Å². The number of carbonyl (C=O) groups excluding carboxylic acids is 3. The Morgan fingerprint density at radius 1 is 1.29 bits per heavy atom. The highest BCUT2D eigenvalue weighted by Crippen LogP contribution is 2.50. The lowest BCUT2D eigenvalue weighted by atomic mass is 9.98. The minimum absolute atomic E-state index is 0.0283. The van der Waals surface area contributed by atoms with Crippen LogP contribution in [0.25, 0.3) is 0 Å². The smallest absolute Gasteiger partial charge is 0.409 e. The third-order valence-corrected chi connectivity index (χ3v) is 5.71. The molecule has 2 rings (SSSR count). The van der Waals surface area contributed by atoms with E-state index in [0.29, 0.717) is 13.0 Å². The maximum atomic E-state index is 12.3. The number of nitrogens with zero attached hydrogens (tertiary/aromatic N) is 1. The highest BCUT2D eigenvalue weighted by Gasteiger charge is 2.59. The molecule has 2 atom stereocenters. The van der Waals surface area contributed by atoms with Gasteiger partial charge in [0.25, 0.3) is 0 Å². The summed E-state index contributed by atoms with van der Waals surface area (Å²) in [6, 6.07) is -0.611. The molecule has 2 fully saturated rings. The average molecular weight is 358 g/mol. The molecule has 2 heterocycles. The number of thioether (sulfide) groups is 1. The molecule has 7 nitrogen and oxygen atoms in total. The number of esters is 1. The molecule has 0 radical (unpaired) electrons. The van der Waals surface area contributed by atoms with Gasteiger partial charge in [0, 0.05) is 4.75 Å². The number of ether oxygens (including phenoxy) is 2. The Kier molecular flexibility index (Phi) is 6.37. The first-order valence-electron chi connectivity index (χ1n) is 8.43. The summed E-state index contributed by atoms with van der Waals surface area (Å²) in [6.07, 6.45) is 3.97. The number of nitrogens with one attached hydrogen (secondary N) is 1. The number of fused-ring (bicyclic) bond motifs is 1. The molecule has 0 saturated carbocycles. The van der Waals surface area contributed by atoms with Crippen LogP contribution in [0.1, 0.15) is 52.9 Å². The van der Waals surface area contributed by atoms with Crippen molar-refractivity contribution in [2.75, 3.05) is 13.3 Å². The van der Waals surface area contributed by atoms with E-state index in [1.54, 1.807) is 16.7 Å². The highest BCUT2D eigenvalue weighted by atomic mass is 32.2. The zero-order chi connectivity index (χ0) is 17.7. The van der Waals surface area contributed by atoms with Crippen molar-refractivity contribution in [1.82, 2.24) is 10.2 Å². The maximum Gasteiger partial charge on any atom is 0.409 e. The topological polar surface area (TPSA) is 84.9 Å². The van der Waals surface area contributed by atoms with Crippen LogP contribution in [0.5, 0.6) is 0 Å². The summed E-state index contributed by atoms with van der Waals surface area (Å²) in [5, 5.41) is 2.46. The second-order valence-electron chi connectivity index (χ2n) is 6.56. The van der Waals surface area contributed by atoms with Gasteiger partial charge in [-0.1, -0.05) is 26.2 Å². The Labute approximate surface area is 146 Å². The number of amides is 2. The molecule has 0 spiro atoms. The summed E-state index contributed by atoms with van der Waals surface area (Å²) in [7, 11) is 0. The van der Waals surface area contributed by atoms with Crippen molar-refractivity contribution < 1.29 is 23.9 Å². The van der Waals surface area contributed by atoms with Crippen molar-refractivity contribution in [2.45, 2.75) is 69.0 Å². The first kappa shape index (κ1) is 18.9. The van der Waals surface area contributed by atoms with Crippen LogP contribution in [-0.2, 0) is 19.1 Å². The molecule has 0 aromatic carbocycles. The molecule has 0 aromatic heterocycles. The SMILES string of the molecule is CCCCCCOC(=O)NCOC(=O)[C@@H]1N2C(=O)C[C@H]2SC1(C)C. The molecule has 1 N–H and O–H groups in total. The van der Waals surface area contributed by atoms with Gasteiger partial charge in [0.15, 0.2) is 6.73 Å². The largest absolute Gasteiger partial charge is 0.449 e. The highest BCUT2D eigenvalue weighted by molar-refractivity contribution is 8.01. The van der Waals surface area contributed by atoms with Gasteiger partial charge in [-0.2, -0.15) is 0 Å². The van der Waals surface area contributed by atoms with Crippen LogP contribution < -0.4 is 5.32 Å². The second-order valence-corrected chi connectivity index (χ2v) is 8.40. The van der Waals surface area contributed by atoms with Crippen LogP contribution in [0.2, 0.25) is 0 Å². The minimum atomic E-state index is -0.611. The minimum Gasteiger partial charge on any atom is -0.449 e. The number of unbranched alkanes of at least 4 members (excludes halogenated alkanes) is 3. The first-order valence-corrected chi connectivity index (χ1v) is 9.31. The quantitative estimate of drug-likeness (QED) is 0.310. The lowest BCUT2D eigenvalue weighted by Crippen LogP contribution is -2.57. The molecule has 136 valence electrons. The monoisotopic (exact) mass is 358 g/mol. The van der Waals surface area contributed by atoms with Crippen molar-refractivity contribution >= 4 is 29.7 Å². The van der Waals surface area contributed by atoms with E-state index in [4.69, 9.17) is 9.47 Å². The number of hydrogen-bond donors (Lipinski definition) is 1. The van der Waals surface area contributed by atoms with Gasteiger partial charge in [-0.15, -0.1) is 11.8 Å². The standard InChI is InChI=1S/C16H26N2O5S/c1-4-5-6-7-8-22-15(21)17-10-23-14(20)13-16(2,3)24-12-9-11(19)18(12)13/h12-13H,4-10H2,1-3H3,(H,17,21)/t12-,13+/m1/s1. The third kappa shape index (κ3) is 4.34. The molecular weight excluding hydrogens is 332 g/mol. The van der Waals surface area contributed by atoms with Crippen LogP contribution in [-0.4, -0.2) is 52.4 Å². The lowest BCUT2D eigenvalue weighted by Gasteiger charge is -2.37. The van der Waals surface area contributed by atoms with Gasteiger partial charge in [0.05, 0.1) is 18.4 Å². The number of carbonyl (C=O) groups is 3. The third-order valence-electron chi connectivity index (χ3n) is 4.21. The van der Waals surface area contributed by atoms with Gasteiger partial charge in [0.1, 0.15) is 6.04 Å². The average Bonchev–Trinajstić information content (AvgIpc) is 2.73. The normalized spacial score (nSPS) is 24.1. The number of rotatable bonds is 8. The van der Waals surface area contributed by atoms with E-state index in [9.17, 15) is 14.4 Å². The summed E-state index contributed by atoms with van der Waals surface area (Å²) in [5.41, 5.74) is 0. The molecule has 2 aliphatic rings. The number of hydrogen-bond acceptors (Lipinski definition) is 6. The van der Waals surface area contributed by atoms with E-state index < -0.39 is 22.9 Å². The zero-order valence-electron chi connectivity index (χ0n) is 14.5. The summed E-state index contributed by atoms with van der Waals surface area (Å²) < 4.78 is 9.72. The number of alkyl carbamates (subject to hydrolysis) is 1. The molecule has 2 saturated heterocycles. The fourth-order valence-corrected chi connectivity index (χ4v) is 4.57. The first-order chi connectivity index (χ1) is 11.4. The summed E-state index contributed by atoms with van der Waals surface area (Å²) in [5.74, 6) is -0.522. The van der Waals surface area contributed by atoms with Crippen molar-refractivity contribution in [2.24, 2.45) is 0 Å². The van der Waals surface area contributed by atoms with Crippen LogP contribution in [0.3, 0.4) is 0 Å². The van der Waals surface area contributed by atoms with Crippen molar-refractivity contribution in [3.05, 3.63) is 0 Å². The van der Waals surface area contributed by atoms with E-state index in [0.717, 1.165) is 25.7 Å². The molecule has 0 aromatic rings. The predicted molar refractivity (Wildman–Crippen MR) is 90.3 cm³/mol. The maximum absolute atomic E-state index is 12.3. The van der Waals surface area contributed by atoms with Crippen LogP contribution in [0, 0.1) is 0 Å². The Morgan fingerprint density at radius 2 is 2.04 bits per heavy atom. The van der Waals surface area contributed by atoms with Gasteiger partial charge in [-0.05, 0) is 20.3 Å². The van der Waals surface area contributed by atoms with Crippen LogP contribution in [0.15, 0.2) is 0 Å². The molecule has 0 unspecified atom stereocenters. The lowest BCUT2D eigenvalue weighted by molar-refractivity contribution is -0.161. The molecule has 24 heavy (non-hydrogen) atoms. The molecule has 0 aliphatic carbocycles. The fourth-order valence-electron chi connectivity index (χ4n) is 2.95. The Balaban J connectivity index is 1.68.